The second-order valence-corrected chi connectivity index (χ2v) is 1.32. The molecular formula is C4H4N4. The van der Waals surface area contributed by atoms with Gasteiger partial charge in [-0.05, 0) is 10.6 Å². The van der Waals surface area contributed by atoms with Crippen molar-refractivity contribution in [2.45, 2.75) is 6.42 Å². The zero-order valence-electron chi connectivity index (χ0n) is 4.15. The third-order valence-electron chi connectivity index (χ3n) is 0.790. The highest BCUT2D eigenvalue weighted by Gasteiger charge is 1.94. The van der Waals surface area contributed by atoms with Gasteiger partial charge in [-0.15, -0.1) is 0 Å². The Morgan fingerprint density at radius 2 is 2.75 bits per heavy atom. The van der Waals surface area contributed by atoms with Crippen molar-refractivity contribution < 1.29 is 0 Å². The van der Waals surface area contributed by atoms with E-state index in [1.165, 1.54) is 0 Å². The molecule has 0 unspecified atom stereocenters. The summed E-state index contributed by atoms with van der Waals surface area (Å²) >= 11 is 0. The first-order valence-corrected chi connectivity index (χ1v) is 2.20. The largest absolute Gasteiger partial charge is 0.259 e. The Morgan fingerprint density at radius 3 is 3.25 bits per heavy atom. The van der Waals surface area contributed by atoms with Crippen LogP contribution < -0.4 is 0 Å². The van der Waals surface area contributed by atoms with Crippen LogP contribution in [0.2, 0.25) is 0 Å². The van der Waals surface area contributed by atoms with Crippen LogP contribution in [0.3, 0.4) is 0 Å². The fourth-order valence-electron chi connectivity index (χ4n) is 0.468. The topological polar surface area (TPSA) is 61.1 Å². The van der Waals surface area contributed by atoms with E-state index in [1.807, 2.05) is 6.08 Å². The van der Waals surface area contributed by atoms with E-state index in [0.717, 1.165) is 0 Å². The minimum atomic E-state index is 0.549. The van der Waals surface area contributed by atoms with Gasteiger partial charge in [0.2, 0.25) is 0 Å². The Bertz CT molecular complexity index is 184. The molecule has 0 bridgehead atoms. The number of nitrogens with zero attached hydrogens (tertiary/aromatic N) is 4. The Labute approximate surface area is 46.2 Å². The number of amidine groups is 1. The van der Waals surface area contributed by atoms with Crippen LogP contribution in [0.25, 0.3) is 10.4 Å². The zero-order chi connectivity index (χ0) is 5.82. The van der Waals surface area contributed by atoms with Gasteiger partial charge in [-0.2, -0.15) is 0 Å². The van der Waals surface area contributed by atoms with E-state index in [9.17, 15) is 0 Å². The maximum Gasteiger partial charge on any atom is 0.107 e. The van der Waals surface area contributed by atoms with Crippen molar-refractivity contribution in [1.29, 1.82) is 0 Å². The zero-order valence-corrected chi connectivity index (χ0v) is 4.15. The summed E-state index contributed by atoms with van der Waals surface area (Å²) in [6, 6.07) is 0. The van der Waals surface area contributed by atoms with E-state index in [2.05, 4.69) is 15.0 Å². The van der Waals surface area contributed by atoms with Crippen molar-refractivity contribution in [2.75, 3.05) is 0 Å². The van der Waals surface area contributed by atoms with Crippen LogP contribution >= 0.6 is 0 Å². The van der Waals surface area contributed by atoms with Gasteiger partial charge in [0, 0.05) is 17.5 Å². The van der Waals surface area contributed by atoms with Crippen LogP contribution in [0, 0.1) is 0 Å². The second kappa shape index (κ2) is 2.14. The summed E-state index contributed by atoms with van der Waals surface area (Å²) in [5.74, 6) is 0.549. The van der Waals surface area contributed by atoms with E-state index >= 15 is 0 Å². The molecule has 0 N–H and O–H groups in total. The first kappa shape index (κ1) is 4.87. The van der Waals surface area contributed by atoms with Gasteiger partial charge in [0.05, 0.1) is 0 Å². The summed E-state index contributed by atoms with van der Waals surface area (Å²) in [6.07, 6.45) is 4.14. The monoisotopic (exact) mass is 108 g/mol. The highest BCUT2D eigenvalue weighted by atomic mass is 15.2. The van der Waals surface area contributed by atoms with Gasteiger partial charge in [0.15, 0.2) is 0 Å². The van der Waals surface area contributed by atoms with Gasteiger partial charge in [0.1, 0.15) is 5.84 Å². The molecular weight excluding hydrogens is 104 g/mol. The lowest BCUT2D eigenvalue weighted by Crippen LogP contribution is -1.81. The lowest BCUT2D eigenvalue weighted by atomic mass is 10.4. The summed E-state index contributed by atoms with van der Waals surface area (Å²) in [6.45, 7) is 0. The van der Waals surface area contributed by atoms with Crippen LogP contribution in [0.4, 0.5) is 0 Å². The molecule has 0 saturated carbocycles. The molecule has 0 aromatic heterocycles. The van der Waals surface area contributed by atoms with Crippen LogP contribution in [0.1, 0.15) is 6.42 Å². The molecule has 0 spiro atoms. The normalized spacial score (nSPS) is 15.2. The minimum absolute atomic E-state index is 0.549. The van der Waals surface area contributed by atoms with E-state index in [1.54, 1.807) is 6.20 Å². The molecule has 0 fully saturated rings. The Hall–Kier alpha value is -1.28. The molecule has 0 aromatic rings. The molecule has 0 saturated heterocycles. The van der Waals surface area contributed by atoms with Crippen molar-refractivity contribution >= 4 is 5.84 Å². The third-order valence-corrected chi connectivity index (χ3v) is 0.790. The van der Waals surface area contributed by atoms with Crippen molar-refractivity contribution in [1.82, 2.24) is 0 Å². The molecule has 4 heteroatoms. The van der Waals surface area contributed by atoms with E-state index in [0.29, 0.717) is 12.3 Å². The van der Waals surface area contributed by atoms with Gasteiger partial charge in [-0.25, -0.2) is 0 Å². The Balaban J connectivity index is 2.64. The SMILES string of the molecule is [N-]=[N+]=NC1=NC=CC1. The molecule has 1 aliphatic heterocycles. The molecule has 4 nitrogen and oxygen atoms in total. The van der Waals surface area contributed by atoms with E-state index in [-0.39, 0.29) is 0 Å². The van der Waals surface area contributed by atoms with Gasteiger partial charge < -0.3 is 0 Å². The first-order valence-electron chi connectivity index (χ1n) is 2.20. The summed E-state index contributed by atoms with van der Waals surface area (Å²) < 4.78 is 0. The van der Waals surface area contributed by atoms with Crippen molar-refractivity contribution in [3.8, 4) is 0 Å². The number of azide groups is 1. The summed E-state index contributed by atoms with van der Waals surface area (Å²) in [7, 11) is 0. The van der Waals surface area contributed by atoms with Crippen LogP contribution in [0.5, 0.6) is 0 Å². The Kier molecular flexibility index (Phi) is 1.30. The van der Waals surface area contributed by atoms with Gasteiger partial charge in [0.25, 0.3) is 0 Å². The van der Waals surface area contributed by atoms with Gasteiger partial charge >= 0.3 is 0 Å². The van der Waals surface area contributed by atoms with Crippen molar-refractivity contribution in [3.05, 3.63) is 22.7 Å². The molecule has 0 radical (unpaired) electrons. The fourth-order valence-corrected chi connectivity index (χ4v) is 0.468. The summed E-state index contributed by atoms with van der Waals surface area (Å²) in [5.41, 5.74) is 7.88. The quantitative estimate of drug-likeness (QED) is 0.257. The predicted octanol–water partition coefficient (Wildman–Crippen LogP) is 1.61. The molecule has 0 atom stereocenters. The average Bonchev–Trinajstić information content (AvgIpc) is 2.19. The Morgan fingerprint density at radius 1 is 1.88 bits per heavy atom. The fraction of sp³-hybridized carbons (Fsp3) is 0.250. The highest BCUT2D eigenvalue weighted by Crippen LogP contribution is 1.99. The first-order chi connectivity index (χ1) is 3.93. The number of hydrogen-bond acceptors (Lipinski definition) is 2. The van der Waals surface area contributed by atoms with Crippen LogP contribution in [-0.4, -0.2) is 5.84 Å². The van der Waals surface area contributed by atoms with Crippen LogP contribution in [-0.2, 0) is 0 Å². The maximum atomic E-state index is 7.88. The van der Waals surface area contributed by atoms with Crippen molar-refractivity contribution in [2.24, 2.45) is 10.1 Å². The summed E-state index contributed by atoms with van der Waals surface area (Å²) in [5, 5.41) is 3.29. The second-order valence-electron chi connectivity index (χ2n) is 1.32. The third kappa shape index (κ3) is 0.859. The number of hydrogen-bond donors (Lipinski definition) is 0. The summed E-state index contributed by atoms with van der Waals surface area (Å²) in [4.78, 5) is 6.31. The number of aliphatic imine (C=N–C) groups is 1. The predicted molar refractivity (Wildman–Crippen MR) is 30.3 cm³/mol. The lowest BCUT2D eigenvalue weighted by Gasteiger charge is -1.78. The van der Waals surface area contributed by atoms with E-state index < -0.39 is 0 Å². The molecule has 1 rings (SSSR count). The molecule has 40 valence electrons. The van der Waals surface area contributed by atoms with Crippen molar-refractivity contribution in [3.63, 3.8) is 0 Å². The molecule has 1 heterocycles. The molecule has 0 aliphatic carbocycles. The van der Waals surface area contributed by atoms with Gasteiger partial charge in [-0.3, -0.25) is 4.99 Å². The lowest BCUT2D eigenvalue weighted by molar-refractivity contribution is 1.42. The highest BCUT2D eigenvalue weighted by molar-refractivity contribution is 5.86. The smallest absolute Gasteiger partial charge is 0.107 e. The molecule has 1 aliphatic rings. The molecule has 0 amide bonds. The maximum absolute atomic E-state index is 7.88. The van der Waals surface area contributed by atoms with Crippen LogP contribution in [0.15, 0.2) is 22.4 Å². The minimum Gasteiger partial charge on any atom is -0.259 e. The molecule has 8 heavy (non-hydrogen) atoms. The molecule has 0 aromatic carbocycles. The average molecular weight is 108 g/mol. The standard InChI is InChI=1S/C4H4N4/c5-8-7-4-2-1-3-6-4/h1,3H,2H2. The van der Waals surface area contributed by atoms with E-state index in [4.69, 9.17) is 5.53 Å². The van der Waals surface area contributed by atoms with Gasteiger partial charge in [-0.1, -0.05) is 6.08 Å². The number of rotatable bonds is 0.